The molecule has 5 nitrogen and oxygen atoms in total. The molecule has 3 N–H and O–H groups in total. The Hall–Kier alpha value is -2.24. The van der Waals surface area contributed by atoms with Gasteiger partial charge < -0.3 is 10.7 Å². The van der Waals surface area contributed by atoms with Crippen LogP contribution < -0.4 is 5.73 Å². The maximum atomic E-state index is 6.89. The van der Waals surface area contributed by atoms with Gasteiger partial charge in [-0.15, -0.1) is 0 Å². The molecule has 0 saturated heterocycles. The van der Waals surface area contributed by atoms with Crippen LogP contribution in [0.15, 0.2) is 42.6 Å². The molecule has 3 aromatic rings. The molecule has 0 bridgehead atoms. The van der Waals surface area contributed by atoms with Gasteiger partial charge in [0.05, 0.1) is 29.3 Å². The van der Waals surface area contributed by atoms with Crippen LogP contribution in [0, 0.1) is 0 Å². The molecule has 5 heteroatoms. The van der Waals surface area contributed by atoms with Crippen LogP contribution in [0.3, 0.4) is 0 Å². The van der Waals surface area contributed by atoms with Gasteiger partial charge in [-0.3, -0.25) is 9.88 Å². The highest BCUT2D eigenvalue weighted by Gasteiger charge is 2.41. The largest absolute Gasteiger partial charge is 0.341 e. The summed E-state index contributed by atoms with van der Waals surface area (Å²) in [6, 6.07) is 13.2. The van der Waals surface area contributed by atoms with Crippen LogP contribution in [0.25, 0.3) is 11.0 Å². The van der Waals surface area contributed by atoms with Gasteiger partial charge in [0.1, 0.15) is 5.82 Å². The molecule has 0 spiro atoms. The van der Waals surface area contributed by atoms with E-state index in [1.54, 1.807) is 0 Å². The van der Waals surface area contributed by atoms with Crippen molar-refractivity contribution in [3.8, 4) is 0 Å². The average molecular weight is 390 g/mol. The smallest absolute Gasteiger partial charge is 0.121 e. The number of nitrogens with zero attached hydrogens (tertiary/aromatic N) is 3. The zero-order chi connectivity index (χ0) is 19.8. The number of nitrogens with one attached hydrogen (secondary N) is 1. The standard InChI is InChI=1S/C24H31N5/c1-24(25)14-5-4-13-21(24)29(16-22-27-18-10-2-3-11-19(18)28-22)20-12-6-8-17-9-7-15-26-23(17)20/h2-3,7,9-11,15,20-21H,4-6,8,12-14,16,25H2,1H3,(H,27,28). The Morgan fingerprint density at radius 3 is 2.90 bits per heavy atom. The van der Waals surface area contributed by atoms with Gasteiger partial charge in [0, 0.05) is 17.8 Å². The van der Waals surface area contributed by atoms with Crippen molar-refractivity contribution in [3.63, 3.8) is 0 Å². The van der Waals surface area contributed by atoms with E-state index in [1.807, 2.05) is 12.3 Å². The van der Waals surface area contributed by atoms with Gasteiger partial charge in [-0.2, -0.15) is 0 Å². The van der Waals surface area contributed by atoms with Gasteiger partial charge in [0.2, 0.25) is 0 Å². The van der Waals surface area contributed by atoms with Gasteiger partial charge in [-0.25, -0.2) is 4.98 Å². The Balaban J connectivity index is 1.54. The first-order valence-corrected chi connectivity index (χ1v) is 11.0. The van der Waals surface area contributed by atoms with E-state index >= 15 is 0 Å². The Kier molecular flexibility index (Phi) is 4.88. The number of H-pyrrole nitrogens is 1. The zero-order valence-electron chi connectivity index (χ0n) is 17.3. The summed E-state index contributed by atoms with van der Waals surface area (Å²) in [5.41, 5.74) is 11.5. The number of nitrogens with two attached hydrogens (primary N) is 1. The molecule has 2 aliphatic carbocycles. The number of fused-ring (bicyclic) bond motifs is 2. The topological polar surface area (TPSA) is 70.8 Å². The van der Waals surface area contributed by atoms with Gasteiger partial charge >= 0.3 is 0 Å². The van der Waals surface area contributed by atoms with Crippen LogP contribution in [0.2, 0.25) is 0 Å². The second-order valence-corrected chi connectivity index (χ2v) is 9.10. The third kappa shape index (κ3) is 3.58. The molecular formula is C24H31N5. The number of aromatic nitrogens is 3. The summed E-state index contributed by atoms with van der Waals surface area (Å²) < 4.78 is 0. The van der Waals surface area contributed by atoms with Crippen LogP contribution in [0.4, 0.5) is 0 Å². The van der Waals surface area contributed by atoms with Crippen LogP contribution in [-0.2, 0) is 13.0 Å². The molecule has 2 aliphatic rings. The molecule has 1 aromatic carbocycles. The van der Waals surface area contributed by atoms with Crippen molar-refractivity contribution >= 4 is 11.0 Å². The number of imidazole rings is 1. The third-order valence-corrected chi connectivity index (χ3v) is 6.94. The highest BCUT2D eigenvalue weighted by atomic mass is 15.2. The molecule has 3 unspecified atom stereocenters. The lowest BCUT2D eigenvalue weighted by atomic mass is 9.77. The Morgan fingerprint density at radius 1 is 1.14 bits per heavy atom. The maximum absolute atomic E-state index is 6.89. The molecule has 2 heterocycles. The number of aryl methyl sites for hydroxylation is 1. The van der Waals surface area contributed by atoms with E-state index in [1.165, 1.54) is 30.5 Å². The minimum Gasteiger partial charge on any atom is -0.341 e. The second-order valence-electron chi connectivity index (χ2n) is 9.10. The SMILES string of the molecule is CC1(N)CCCCC1N(Cc1nc2ccccc2[nH]1)C1CCCc2cccnc21. The molecule has 1 fully saturated rings. The van der Waals surface area contributed by atoms with E-state index in [4.69, 9.17) is 15.7 Å². The van der Waals surface area contributed by atoms with E-state index in [9.17, 15) is 0 Å². The fourth-order valence-electron chi connectivity index (χ4n) is 5.48. The van der Waals surface area contributed by atoms with Crippen LogP contribution in [0.1, 0.15) is 68.6 Å². The molecule has 29 heavy (non-hydrogen) atoms. The second kappa shape index (κ2) is 7.54. The normalized spacial score (nSPS) is 27.3. The predicted octanol–water partition coefficient (Wildman–Crippen LogP) is 4.50. The summed E-state index contributed by atoms with van der Waals surface area (Å²) in [6.07, 6.45) is 10.1. The van der Waals surface area contributed by atoms with Crippen molar-refractivity contribution in [1.29, 1.82) is 0 Å². The number of benzene rings is 1. The number of para-hydroxylation sites is 2. The van der Waals surface area contributed by atoms with E-state index in [0.717, 1.165) is 49.1 Å². The maximum Gasteiger partial charge on any atom is 0.121 e. The van der Waals surface area contributed by atoms with Crippen molar-refractivity contribution < 1.29 is 0 Å². The molecule has 5 rings (SSSR count). The minimum absolute atomic E-state index is 0.184. The van der Waals surface area contributed by atoms with Crippen molar-refractivity contribution in [3.05, 3.63) is 59.7 Å². The van der Waals surface area contributed by atoms with Crippen LogP contribution >= 0.6 is 0 Å². The highest BCUT2D eigenvalue weighted by molar-refractivity contribution is 5.74. The first kappa shape index (κ1) is 18.8. The lowest BCUT2D eigenvalue weighted by molar-refractivity contribution is 0.0343. The number of hydrogen-bond donors (Lipinski definition) is 2. The Bertz CT molecular complexity index is 959. The van der Waals surface area contributed by atoms with E-state index in [2.05, 4.69) is 47.1 Å². The summed E-state index contributed by atoms with van der Waals surface area (Å²) >= 11 is 0. The fraction of sp³-hybridized carbons (Fsp3) is 0.500. The number of rotatable bonds is 4. The lowest BCUT2D eigenvalue weighted by Gasteiger charge is -2.48. The lowest BCUT2D eigenvalue weighted by Crippen LogP contribution is -2.59. The van der Waals surface area contributed by atoms with E-state index in [-0.39, 0.29) is 5.54 Å². The van der Waals surface area contributed by atoms with E-state index < -0.39 is 0 Å². The summed E-state index contributed by atoms with van der Waals surface area (Å²) in [6.45, 7) is 3.03. The number of hydrogen-bond acceptors (Lipinski definition) is 4. The molecule has 2 aromatic heterocycles. The summed E-state index contributed by atoms with van der Waals surface area (Å²) in [5.74, 6) is 1.02. The number of aromatic amines is 1. The molecule has 0 radical (unpaired) electrons. The predicted molar refractivity (Wildman–Crippen MR) is 116 cm³/mol. The van der Waals surface area contributed by atoms with Crippen molar-refractivity contribution in [2.24, 2.45) is 5.73 Å². The molecule has 0 aliphatic heterocycles. The summed E-state index contributed by atoms with van der Waals surface area (Å²) in [5, 5.41) is 0. The highest BCUT2D eigenvalue weighted by Crippen LogP contribution is 2.40. The first-order chi connectivity index (χ1) is 14.1. The zero-order valence-corrected chi connectivity index (χ0v) is 17.3. The van der Waals surface area contributed by atoms with Crippen molar-refractivity contribution in [2.45, 2.75) is 76.0 Å². The van der Waals surface area contributed by atoms with Crippen LogP contribution in [-0.4, -0.2) is 31.4 Å². The fourth-order valence-corrected chi connectivity index (χ4v) is 5.48. The quantitative estimate of drug-likeness (QED) is 0.689. The van der Waals surface area contributed by atoms with Gasteiger partial charge in [-0.1, -0.05) is 31.0 Å². The molecule has 152 valence electrons. The van der Waals surface area contributed by atoms with Crippen LogP contribution in [0.5, 0.6) is 0 Å². The van der Waals surface area contributed by atoms with Crippen molar-refractivity contribution in [2.75, 3.05) is 0 Å². The first-order valence-electron chi connectivity index (χ1n) is 11.0. The van der Waals surface area contributed by atoms with Crippen molar-refractivity contribution in [1.82, 2.24) is 19.9 Å². The summed E-state index contributed by atoms with van der Waals surface area (Å²) in [4.78, 5) is 15.9. The minimum atomic E-state index is -0.184. The molecule has 0 amide bonds. The molecule has 1 saturated carbocycles. The van der Waals surface area contributed by atoms with E-state index in [0.29, 0.717) is 12.1 Å². The number of pyridine rings is 1. The Labute approximate surface area is 172 Å². The molecule has 3 atom stereocenters. The Morgan fingerprint density at radius 2 is 2.03 bits per heavy atom. The average Bonchev–Trinajstić information content (AvgIpc) is 3.14. The monoisotopic (exact) mass is 389 g/mol. The summed E-state index contributed by atoms with van der Waals surface area (Å²) in [7, 11) is 0. The van der Waals surface area contributed by atoms with Gasteiger partial charge in [-0.05, 0) is 62.8 Å². The van der Waals surface area contributed by atoms with Gasteiger partial charge in [0.25, 0.3) is 0 Å². The molecular weight excluding hydrogens is 358 g/mol. The third-order valence-electron chi connectivity index (χ3n) is 6.94. The van der Waals surface area contributed by atoms with Gasteiger partial charge in [0.15, 0.2) is 0 Å².